The Morgan fingerprint density at radius 2 is 1.57 bits per heavy atom. The molecule has 0 N–H and O–H groups in total. The molecule has 21 heavy (non-hydrogen) atoms. The van der Waals surface area contributed by atoms with Gasteiger partial charge in [-0.15, -0.1) is 0 Å². The monoisotopic (exact) mass is 304 g/mol. The van der Waals surface area contributed by atoms with Crippen molar-refractivity contribution in [3.63, 3.8) is 0 Å². The molecule has 0 saturated heterocycles. The van der Waals surface area contributed by atoms with E-state index in [-0.39, 0.29) is 6.10 Å². The van der Waals surface area contributed by atoms with Crippen LogP contribution in [-0.4, -0.2) is 51.5 Å². The van der Waals surface area contributed by atoms with Gasteiger partial charge in [-0.1, -0.05) is 0 Å². The Balaban J connectivity index is 0.000000400. The van der Waals surface area contributed by atoms with Gasteiger partial charge in [0.15, 0.2) is 5.79 Å². The summed E-state index contributed by atoms with van der Waals surface area (Å²) < 4.78 is 26.4. The average molecular weight is 304 g/mol. The van der Waals surface area contributed by atoms with Crippen LogP contribution in [0.3, 0.4) is 0 Å². The van der Waals surface area contributed by atoms with Crippen LogP contribution >= 0.6 is 0 Å². The first-order chi connectivity index (χ1) is 10.2. The maximum absolute atomic E-state index is 5.50. The van der Waals surface area contributed by atoms with Crippen LogP contribution in [0.1, 0.15) is 41.0 Å². The van der Waals surface area contributed by atoms with E-state index in [4.69, 9.17) is 23.7 Å². The molecule has 0 aliphatic heterocycles. The standard InChI is InChI=1S/C9H18O3.C7H14O2/c1-4-10-8-7-9(8,11-5-2)12-6-3;1-3-8-6-5-7-9-4-2/h8H,4-7H2,1-3H3;5-6H,3-4,7H2,1-2H3/b;6-5+. The van der Waals surface area contributed by atoms with Gasteiger partial charge in [-0.2, -0.15) is 0 Å². The Morgan fingerprint density at radius 1 is 0.905 bits per heavy atom. The maximum Gasteiger partial charge on any atom is 0.197 e. The quantitative estimate of drug-likeness (QED) is 0.333. The van der Waals surface area contributed by atoms with E-state index in [1.807, 2.05) is 40.7 Å². The van der Waals surface area contributed by atoms with Crippen LogP contribution in [0.5, 0.6) is 0 Å². The van der Waals surface area contributed by atoms with E-state index in [0.29, 0.717) is 19.8 Å². The highest BCUT2D eigenvalue weighted by Gasteiger charge is 2.58. The molecule has 1 rings (SSSR count). The molecule has 0 bridgehead atoms. The number of rotatable bonds is 11. The van der Waals surface area contributed by atoms with E-state index >= 15 is 0 Å². The summed E-state index contributed by atoms with van der Waals surface area (Å²) in [4.78, 5) is 0. The van der Waals surface area contributed by atoms with E-state index in [9.17, 15) is 0 Å². The van der Waals surface area contributed by atoms with Gasteiger partial charge in [0.2, 0.25) is 0 Å². The summed E-state index contributed by atoms with van der Waals surface area (Å²) in [5.74, 6) is -0.403. The first kappa shape index (κ1) is 20.4. The Bertz CT molecular complexity index is 249. The second-order valence-electron chi connectivity index (χ2n) is 4.31. The van der Waals surface area contributed by atoms with Crippen LogP contribution in [0.2, 0.25) is 0 Å². The molecule has 0 amide bonds. The minimum absolute atomic E-state index is 0.155. The molecule has 1 aliphatic rings. The Morgan fingerprint density at radius 3 is 2.05 bits per heavy atom. The van der Waals surface area contributed by atoms with Gasteiger partial charge in [0.1, 0.15) is 6.10 Å². The van der Waals surface area contributed by atoms with E-state index in [1.54, 1.807) is 6.26 Å². The van der Waals surface area contributed by atoms with Crippen molar-refractivity contribution in [3.05, 3.63) is 12.3 Å². The number of hydrogen-bond donors (Lipinski definition) is 0. The molecule has 1 unspecified atom stereocenters. The SMILES string of the molecule is CCO/C=C/COCC.CCOC1CC1(OCC)OCC. The largest absolute Gasteiger partial charge is 0.502 e. The molecule has 0 aromatic carbocycles. The molecule has 0 heterocycles. The normalized spacial score (nSPS) is 19.2. The van der Waals surface area contributed by atoms with Crippen molar-refractivity contribution in [2.24, 2.45) is 0 Å². The lowest BCUT2D eigenvalue weighted by atomic mass is 10.6. The van der Waals surface area contributed by atoms with Gasteiger partial charge in [-0.3, -0.25) is 0 Å². The topological polar surface area (TPSA) is 46.2 Å². The molecule has 5 nitrogen and oxygen atoms in total. The van der Waals surface area contributed by atoms with Gasteiger partial charge in [0.05, 0.1) is 19.5 Å². The second-order valence-corrected chi connectivity index (χ2v) is 4.31. The first-order valence-corrected chi connectivity index (χ1v) is 7.94. The fourth-order valence-electron chi connectivity index (χ4n) is 1.81. The lowest BCUT2D eigenvalue weighted by molar-refractivity contribution is -0.186. The third kappa shape index (κ3) is 9.09. The molecule has 0 spiro atoms. The molecule has 1 aliphatic carbocycles. The van der Waals surface area contributed by atoms with Crippen LogP contribution in [0.25, 0.3) is 0 Å². The fourth-order valence-corrected chi connectivity index (χ4v) is 1.81. The molecule has 0 radical (unpaired) electrons. The average Bonchev–Trinajstić information content (AvgIpc) is 3.13. The van der Waals surface area contributed by atoms with Crippen molar-refractivity contribution in [1.82, 2.24) is 0 Å². The highest BCUT2D eigenvalue weighted by atomic mass is 16.7. The predicted molar refractivity (Wildman–Crippen MR) is 83.3 cm³/mol. The second kappa shape index (κ2) is 13.1. The summed E-state index contributed by atoms with van der Waals surface area (Å²) in [6.45, 7) is 14.1. The van der Waals surface area contributed by atoms with E-state index in [2.05, 4.69) is 0 Å². The fraction of sp³-hybridized carbons (Fsp3) is 0.875. The van der Waals surface area contributed by atoms with Crippen LogP contribution in [0.15, 0.2) is 12.3 Å². The number of hydrogen-bond acceptors (Lipinski definition) is 5. The Kier molecular flexibility index (Phi) is 12.7. The molecule has 5 heteroatoms. The zero-order chi connectivity index (χ0) is 16.0. The molecular formula is C16H32O5. The zero-order valence-electron chi connectivity index (χ0n) is 14.2. The van der Waals surface area contributed by atoms with Crippen LogP contribution in [0, 0.1) is 0 Å². The summed E-state index contributed by atoms with van der Waals surface area (Å²) in [5.41, 5.74) is 0. The lowest BCUT2D eigenvalue weighted by Crippen LogP contribution is -2.25. The van der Waals surface area contributed by atoms with E-state index in [1.165, 1.54) is 0 Å². The molecule has 1 atom stereocenters. The van der Waals surface area contributed by atoms with Crippen molar-refractivity contribution in [3.8, 4) is 0 Å². The molecule has 126 valence electrons. The smallest absolute Gasteiger partial charge is 0.197 e. The molecule has 0 aromatic rings. The van der Waals surface area contributed by atoms with Gasteiger partial charge in [-0.25, -0.2) is 0 Å². The minimum Gasteiger partial charge on any atom is -0.502 e. The van der Waals surface area contributed by atoms with Crippen LogP contribution < -0.4 is 0 Å². The first-order valence-electron chi connectivity index (χ1n) is 7.94. The third-order valence-electron chi connectivity index (χ3n) is 2.72. The lowest BCUT2D eigenvalue weighted by Gasteiger charge is -2.16. The van der Waals surface area contributed by atoms with Crippen molar-refractivity contribution < 1.29 is 23.7 Å². The zero-order valence-corrected chi connectivity index (χ0v) is 14.2. The van der Waals surface area contributed by atoms with Crippen LogP contribution in [-0.2, 0) is 23.7 Å². The van der Waals surface area contributed by atoms with Gasteiger partial charge in [0.25, 0.3) is 0 Å². The number of ether oxygens (including phenoxy) is 5. The third-order valence-corrected chi connectivity index (χ3v) is 2.72. The minimum atomic E-state index is -0.403. The summed E-state index contributed by atoms with van der Waals surface area (Å²) in [5, 5.41) is 0. The Labute approximate surface area is 129 Å². The van der Waals surface area contributed by atoms with Crippen molar-refractivity contribution in [1.29, 1.82) is 0 Å². The van der Waals surface area contributed by atoms with Crippen LogP contribution in [0.4, 0.5) is 0 Å². The summed E-state index contributed by atoms with van der Waals surface area (Å²) in [7, 11) is 0. The van der Waals surface area contributed by atoms with E-state index < -0.39 is 5.79 Å². The van der Waals surface area contributed by atoms with E-state index in [0.717, 1.165) is 26.2 Å². The van der Waals surface area contributed by atoms with Gasteiger partial charge < -0.3 is 23.7 Å². The molecular weight excluding hydrogens is 272 g/mol. The van der Waals surface area contributed by atoms with Gasteiger partial charge >= 0.3 is 0 Å². The highest BCUT2D eigenvalue weighted by Crippen LogP contribution is 2.43. The highest BCUT2D eigenvalue weighted by molar-refractivity contribution is 4.99. The van der Waals surface area contributed by atoms with Crippen molar-refractivity contribution in [2.45, 2.75) is 52.9 Å². The Hall–Kier alpha value is -0.620. The van der Waals surface area contributed by atoms with Gasteiger partial charge in [-0.05, 0) is 40.7 Å². The van der Waals surface area contributed by atoms with Gasteiger partial charge in [0, 0.05) is 32.8 Å². The molecule has 0 aromatic heterocycles. The molecule has 1 fully saturated rings. The van der Waals surface area contributed by atoms with Crippen molar-refractivity contribution >= 4 is 0 Å². The summed E-state index contributed by atoms with van der Waals surface area (Å²) in [6.07, 6.45) is 4.55. The van der Waals surface area contributed by atoms with Crippen molar-refractivity contribution in [2.75, 3.05) is 39.6 Å². The summed E-state index contributed by atoms with van der Waals surface area (Å²) in [6, 6.07) is 0. The predicted octanol–water partition coefficient (Wildman–Crippen LogP) is 3.14. The maximum atomic E-state index is 5.50. The molecule has 1 saturated carbocycles. The summed E-state index contributed by atoms with van der Waals surface area (Å²) >= 11 is 0.